The molecule has 0 aromatic carbocycles. The zero-order valence-corrected chi connectivity index (χ0v) is 10.7. The van der Waals surface area contributed by atoms with Gasteiger partial charge in [0.25, 0.3) is 0 Å². The van der Waals surface area contributed by atoms with E-state index in [1.165, 1.54) is 12.0 Å². The molecule has 0 aromatic rings. The van der Waals surface area contributed by atoms with Crippen molar-refractivity contribution in [2.45, 2.75) is 32.6 Å². The first-order valence-corrected chi connectivity index (χ1v) is 6.85. The summed E-state index contributed by atoms with van der Waals surface area (Å²) in [5.74, 6) is -0.227. The second-order valence-electron chi connectivity index (χ2n) is 3.62. The molecule has 0 aliphatic heterocycles. The van der Waals surface area contributed by atoms with Crippen LogP contribution in [0.25, 0.3) is 0 Å². The van der Waals surface area contributed by atoms with Crippen LogP contribution in [0.1, 0.15) is 32.6 Å². The fraction of sp³-hybridized carbons (Fsp3) is 0.583. The molecule has 0 aromatic heterocycles. The Hall–Kier alpha value is -0.900. The highest BCUT2D eigenvalue weighted by Gasteiger charge is 2.13. The lowest BCUT2D eigenvalue weighted by Gasteiger charge is -2.17. The summed E-state index contributed by atoms with van der Waals surface area (Å²) in [4.78, 5) is 11.4. The Morgan fingerprint density at radius 2 is 2.12 bits per heavy atom. The Balaban J connectivity index is 2.69. The standard InChI is InChI=1S/C12H19NO2S/c1-3-15-12(14)8-10-6-4-5-7-11(10)9-13-16-2/h8-9,13H,3-7H2,1-2H3/b10-8-,11-9+. The van der Waals surface area contributed by atoms with Crippen molar-refractivity contribution in [1.29, 1.82) is 0 Å². The Labute approximate surface area is 101 Å². The average molecular weight is 241 g/mol. The molecule has 0 heterocycles. The van der Waals surface area contributed by atoms with E-state index < -0.39 is 0 Å². The highest BCUT2D eigenvalue weighted by Crippen LogP contribution is 2.28. The predicted octanol–water partition coefficient (Wildman–Crippen LogP) is 2.80. The largest absolute Gasteiger partial charge is 0.463 e. The molecule has 0 amide bonds. The normalized spacial score (nSPS) is 21.1. The molecule has 0 atom stereocenters. The number of hydrogen-bond acceptors (Lipinski definition) is 4. The monoisotopic (exact) mass is 241 g/mol. The molecule has 0 radical (unpaired) electrons. The van der Waals surface area contributed by atoms with Crippen molar-refractivity contribution >= 4 is 17.9 Å². The first-order valence-electron chi connectivity index (χ1n) is 5.63. The molecule has 3 nitrogen and oxygen atoms in total. The number of ether oxygens (including phenoxy) is 1. The van der Waals surface area contributed by atoms with E-state index in [-0.39, 0.29) is 5.97 Å². The summed E-state index contributed by atoms with van der Waals surface area (Å²) in [5, 5.41) is 0. The van der Waals surface area contributed by atoms with Crippen LogP contribution in [0.4, 0.5) is 0 Å². The Morgan fingerprint density at radius 1 is 1.44 bits per heavy atom. The maximum atomic E-state index is 11.4. The van der Waals surface area contributed by atoms with Gasteiger partial charge in [-0.2, -0.15) is 0 Å². The van der Waals surface area contributed by atoms with Crippen LogP contribution in [0.15, 0.2) is 23.4 Å². The third-order valence-corrected chi connectivity index (χ3v) is 2.84. The topological polar surface area (TPSA) is 38.3 Å². The number of carbonyl (C=O) groups is 1. The average Bonchev–Trinajstić information content (AvgIpc) is 2.28. The molecule has 0 saturated heterocycles. The van der Waals surface area contributed by atoms with Crippen LogP contribution in [0.5, 0.6) is 0 Å². The van der Waals surface area contributed by atoms with Gasteiger partial charge in [-0.25, -0.2) is 4.79 Å². The van der Waals surface area contributed by atoms with Crippen LogP contribution >= 0.6 is 11.9 Å². The molecule has 0 spiro atoms. The highest BCUT2D eigenvalue weighted by atomic mass is 32.2. The van der Waals surface area contributed by atoms with Crippen LogP contribution in [-0.2, 0) is 9.53 Å². The van der Waals surface area contributed by atoms with Crippen molar-refractivity contribution < 1.29 is 9.53 Å². The minimum absolute atomic E-state index is 0.227. The molecule has 1 rings (SSSR count). The van der Waals surface area contributed by atoms with E-state index >= 15 is 0 Å². The highest BCUT2D eigenvalue weighted by molar-refractivity contribution is 7.96. The van der Waals surface area contributed by atoms with E-state index in [4.69, 9.17) is 4.74 Å². The van der Waals surface area contributed by atoms with Gasteiger partial charge in [0.2, 0.25) is 0 Å². The number of nitrogens with one attached hydrogen (secondary N) is 1. The summed E-state index contributed by atoms with van der Waals surface area (Å²) in [6, 6.07) is 0. The molecule has 90 valence electrons. The maximum Gasteiger partial charge on any atom is 0.331 e. The SMILES string of the molecule is CCOC(=O)/C=C1/CCCC/C1=C\NSC. The van der Waals surface area contributed by atoms with Crippen LogP contribution < -0.4 is 4.72 Å². The number of carbonyl (C=O) groups excluding carboxylic acids is 1. The van der Waals surface area contributed by atoms with E-state index in [1.807, 2.05) is 19.4 Å². The molecule has 1 aliphatic rings. The molecule has 1 aliphatic carbocycles. The summed E-state index contributed by atoms with van der Waals surface area (Å²) < 4.78 is 8.04. The van der Waals surface area contributed by atoms with Crippen molar-refractivity contribution in [2.24, 2.45) is 0 Å². The third-order valence-electron chi connectivity index (χ3n) is 2.48. The summed E-state index contributed by atoms with van der Waals surface area (Å²) in [7, 11) is 0. The third kappa shape index (κ3) is 4.31. The van der Waals surface area contributed by atoms with Gasteiger partial charge < -0.3 is 9.46 Å². The quantitative estimate of drug-likeness (QED) is 0.466. The second-order valence-corrected chi connectivity index (χ2v) is 4.26. The molecule has 1 fully saturated rings. The van der Waals surface area contributed by atoms with Crippen LogP contribution in [0.3, 0.4) is 0 Å². The molecule has 4 heteroatoms. The molecular formula is C12H19NO2S. The lowest BCUT2D eigenvalue weighted by molar-refractivity contribution is -0.137. The van der Waals surface area contributed by atoms with Gasteiger partial charge in [0.05, 0.1) is 6.61 Å². The molecule has 16 heavy (non-hydrogen) atoms. The van der Waals surface area contributed by atoms with Gasteiger partial charge in [0, 0.05) is 18.5 Å². The van der Waals surface area contributed by atoms with E-state index in [0.29, 0.717) is 6.61 Å². The fourth-order valence-corrected chi connectivity index (χ4v) is 2.00. The van der Waals surface area contributed by atoms with E-state index in [9.17, 15) is 4.79 Å². The van der Waals surface area contributed by atoms with Crippen LogP contribution in [0, 0.1) is 0 Å². The van der Waals surface area contributed by atoms with E-state index in [2.05, 4.69) is 4.72 Å². The Bertz CT molecular complexity index is 297. The Morgan fingerprint density at radius 3 is 2.75 bits per heavy atom. The number of hydrogen-bond donors (Lipinski definition) is 1. The van der Waals surface area contributed by atoms with E-state index in [1.54, 1.807) is 18.0 Å². The van der Waals surface area contributed by atoms with Crippen molar-refractivity contribution in [3.63, 3.8) is 0 Å². The first-order chi connectivity index (χ1) is 7.77. The minimum Gasteiger partial charge on any atom is -0.463 e. The zero-order chi connectivity index (χ0) is 11.8. The van der Waals surface area contributed by atoms with Gasteiger partial charge >= 0.3 is 5.97 Å². The van der Waals surface area contributed by atoms with Crippen molar-refractivity contribution in [3.05, 3.63) is 23.4 Å². The van der Waals surface area contributed by atoms with Gasteiger partial charge in [-0.1, -0.05) is 11.9 Å². The maximum absolute atomic E-state index is 11.4. The minimum atomic E-state index is -0.227. The zero-order valence-electron chi connectivity index (χ0n) is 9.91. The first kappa shape index (κ1) is 13.2. The number of allylic oxidation sites excluding steroid dienone is 2. The number of rotatable bonds is 4. The molecule has 0 unspecified atom stereocenters. The second kappa shape index (κ2) is 7.39. The predicted molar refractivity (Wildman–Crippen MR) is 67.9 cm³/mol. The summed E-state index contributed by atoms with van der Waals surface area (Å²) in [6.45, 7) is 2.26. The summed E-state index contributed by atoms with van der Waals surface area (Å²) in [6.07, 6.45) is 9.98. The molecule has 1 saturated carbocycles. The van der Waals surface area contributed by atoms with Gasteiger partial charge in [-0.3, -0.25) is 0 Å². The van der Waals surface area contributed by atoms with Crippen molar-refractivity contribution in [2.75, 3.05) is 12.9 Å². The smallest absolute Gasteiger partial charge is 0.331 e. The lowest BCUT2D eigenvalue weighted by atomic mass is 9.90. The van der Waals surface area contributed by atoms with Crippen LogP contribution in [-0.4, -0.2) is 18.8 Å². The summed E-state index contributed by atoms with van der Waals surface area (Å²) in [5.41, 5.74) is 2.35. The van der Waals surface area contributed by atoms with Gasteiger partial charge in [-0.15, -0.1) is 0 Å². The van der Waals surface area contributed by atoms with Gasteiger partial charge in [-0.05, 0) is 43.8 Å². The number of esters is 1. The van der Waals surface area contributed by atoms with Crippen LogP contribution in [0.2, 0.25) is 0 Å². The summed E-state index contributed by atoms with van der Waals surface area (Å²) >= 11 is 1.56. The molecular weight excluding hydrogens is 222 g/mol. The lowest BCUT2D eigenvalue weighted by Crippen LogP contribution is -2.07. The fourth-order valence-electron chi connectivity index (χ4n) is 1.74. The van der Waals surface area contributed by atoms with Gasteiger partial charge in [0.15, 0.2) is 0 Å². The molecule has 0 bridgehead atoms. The van der Waals surface area contributed by atoms with Gasteiger partial charge in [0.1, 0.15) is 0 Å². The van der Waals surface area contributed by atoms with E-state index in [0.717, 1.165) is 24.8 Å². The van der Waals surface area contributed by atoms with Crippen molar-refractivity contribution in [1.82, 2.24) is 4.72 Å². The Kier molecular flexibility index (Phi) is 6.08. The van der Waals surface area contributed by atoms with Crippen molar-refractivity contribution in [3.8, 4) is 0 Å². The molecule has 1 N–H and O–H groups in total.